The third-order valence-corrected chi connectivity index (χ3v) is 6.19. The van der Waals surface area contributed by atoms with Crippen LogP contribution in [0.15, 0.2) is 60.0 Å². The van der Waals surface area contributed by atoms with Crippen LogP contribution in [0.25, 0.3) is 22.2 Å². The van der Waals surface area contributed by atoms with Crippen molar-refractivity contribution in [3.05, 3.63) is 71.2 Å². The van der Waals surface area contributed by atoms with E-state index in [1.165, 1.54) is 6.08 Å². The predicted molar refractivity (Wildman–Crippen MR) is 132 cm³/mol. The summed E-state index contributed by atoms with van der Waals surface area (Å²) in [5, 5.41) is 11.7. The lowest BCUT2D eigenvalue weighted by Crippen LogP contribution is -2.40. The lowest BCUT2D eigenvalue weighted by Gasteiger charge is -2.32. The number of nitrogens with zero attached hydrogens (tertiary/aromatic N) is 5. The van der Waals surface area contributed by atoms with Crippen LogP contribution in [0.2, 0.25) is 0 Å². The number of hydrogen-bond acceptors (Lipinski definition) is 7. The number of benzene rings is 1. The molecule has 0 spiro atoms. The SMILES string of the molecule is C=CC(=O)N1CCCC(n2nc(-c3ccc(Oc4ncccc4C)cc3)c3c(N)n[nH]c(=O)c32)C1. The Labute approximate surface area is 201 Å². The van der Waals surface area contributed by atoms with E-state index in [0.717, 1.165) is 24.0 Å². The number of nitrogens with two attached hydrogens (primary N) is 1. The molecule has 4 heterocycles. The molecule has 1 saturated heterocycles. The molecule has 1 aliphatic heterocycles. The number of carbonyl (C=O) groups is 1. The van der Waals surface area contributed by atoms with E-state index in [1.807, 2.05) is 43.3 Å². The van der Waals surface area contributed by atoms with Crippen molar-refractivity contribution in [2.24, 2.45) is 0 Å². The number of rotatable bonds is 5. The molecule has 1 fully saturated rings. The van der Waals surface area contributed by atoms with Crippen molar-refractivity contribution in [2.45, 2.75) is 25.8 Å². The van der Waals surface area contributed by atoms with Crippen molar-refractivity contribution in [2.75, 3.05) is 18.8 Å². The minimum atomic E-state index is -0.384. The van der Waals surface area contributed by atoms with Gasteiger partial charge in [-0.05, 0) is 56.2 Å². The average molecular weight is 472 g/mol. The second-order valence-corrected chi connectivity index (χ2v) is 8.49. The number of piperidine rings is 1. The molecule has 35 heavy (non-hydrogen) atoms. The number of aryl methyl sites for hydroxylation is 1. The fourth-order valence-corrected chi connectivity index (χ4v) is 4.43. The first-order valence-corrected chi connectivity index (χ1v) is 11.3. The van der Waals surface area contributed by atoms with Gasteiger partial charge in [-0.15, -0.1) is 0 Å². The highest BCUT2D eigenvalue weighted by atomic mass is 16.5. The molecule has 5 rings (SSSR count). The summed E-state index contributed by atoms with van der Waals surface area (Å²) < 4.78 is 7.59. The molecule has 1 amide bonds. The van der Waals surface area contributed by atoms with Crippen molar-refractivity contribution in [3.63, 3.8) is 0 Å². The van der Waals surface area contributed by atoms with Crippen LogP contribution in [-0.4, -0.2) is 48.9 Å². The Morgan fingerprint density at radius 3 is 2.83 bits per heavy atom. The number of likely N-dealkylation sites (tertiary alicyclic amines) is 1. The Balaban J connectivity index is 1.54. The molecule has 3 N–H and O–H groups in total. The Bertz CT molecular complexity index is 1470. The number of ether oxygens (including phenoxy) is 1. The third-order valence-electron chi connectivity index (χ3n) is 6.19. The van der Waals surface area contributed by atoms with Gasteiger partial charge in [0.25, 0.3) is 5.56 Å². The number of H-pyrrole nitrogens is 1. The zero-order valence-corrected chi connectivity index (χ0v) is 19.3. The van der Waals surface area contributed by atoms with E-state index in [-0.39, 0.29) is 23.3 Å². The van der Waals surface area contributed by atoms with Gasteiger partial charge in [0.1, 0.15) is 17.0 Å². The Morgan fingerprint density at radius 1 is 1.29 bits per heavy atom. The minimum Gasteiger partial charge on any atom is -0.439 e. The maximum Gasteiger partial charge on any atom is 0.290 e. The highest BCUT2D eigenvalue weighted by Gasteiger charge is 2.28. The maximum atomic E-state index is 12.8. The molecule has 178 valence electrons. The molecule has 0 aliphatic carbocycles. The van der Waals surface area contributed by atoms with Gasteiger partial charge in [0.05, 0.1) is 11.4 Å². The lowest BCUT2D eigenvalue weighted by atomic mass is 10.1. The van der Waals surface area contributed by atoms with Crippen LogP contribution in [0.1, 0.15) is 24.4 Å². The molecule has 10 heteroatoms. The number of fused-ring (bicyclic) bond motifs is 1. The number of carbonyl (C=O) groups excluding carboxylic acids is 1. The number of anilines is 1. The van der Waals surface area contributed by atoms with Crippen molar-refractivity contribution in [3.8, 4) is 22.9 Å². The van der Waals surface area contributed by atoms with Crippen LogP contribution in [-0.2, 0) is 4.79 Å². The molecule has 1 aromatic carbocycles. The van der Waals surface area contributed by atoms with Gasteiger partial charge in [0.15, 0.2) is 5.82 Å². The number of nitrogens with one attached hydrogen (secondary N) is 1. The van der Waals surface area contributed by atoms with E-state index in [2.05, 4.69) is 21.8 Å². The van der Waals surface area contributed by atoms with Gasteiger partial charge in [-0.25, -0.2) is 10.1 Å². The summed E-state index contributed by atoms with van der Waals surface area (Å²) in [6.45, 7) is 6.59. The molecule has 1 unspecified atom stereocenters. The number of aromatic amines is 1. The van der Waals surface area contributed by atoms with E-state index >= 15 is 0 Å². The molecule has 0 saturated carbocycles. The van der Waals surface area contributed by atoms with Gasteiger partial charge in [-0.2, -0.15) is 10.2 Å². The van der Waals surface area contributed by atoms with Crippen molar-refractivity contribution >= 4 is 22.6 Å². The quantitative estimate of drug-likeness (QED) is 0.427. The third kappa shape index (κ3) is 4.14. The van der Waals surface area contributed by atoms with Crippen LogP contribution in [0.3, 0.4) is 0 Å². The first kappa shape index (κ1) is 22.3. The highest BCUT2D eigenvalue weighted by molar-refractivity contribution is 5.99. The van der Waals surface area contributed by atoms with Crippen molar-refractivity contribution in [1.29, 1.82) is 0 Å². The molecule has 1 aliphatic rings. The smallest absolute Gasteiger partial charge is 0.290 e. The number of amides is 1. The average Bonchev–Trinajstić information content (AvgIpc) is 3.30. The maximum absolute atomic E-state index is 12.8. The van der Waals surface area contributed by atoms with Gasteiger partial charge in [0.2, 0.25) is 11.8 Å². The summed E-state index contributed by atoms with van der Waals surface area (Å²) in [6.07, 6.45) is 4.55. The largest absolute Gasteiger partial charge is 0.439 e. The molecule has 3 aromatic heterocycles. The predicted octanol–water partition coefficient (Wildman–Crippen LogP) is 3.21. The highest BCUT2D eigenvalue weighted by Crippen LogP contribution is 2.34. The van der Waals surface area contributed by atoms with Gasteiger partial charge < -0.3 is 15.4 Å². The summed E-state index contributed by atoms with van der Waals surface area (Å²) in [4.78, 5) is 31.0. The lowest BCUT2D eigenvalue weighted by molar-refractivity contribution is -0.127. The van der Waals surface area contributed by atoms with Gasteiger partial charge >= 0.3 is 0 Å². The summed E-state index contributed by atoms with van der Waals surface area (Å²) in [7, 11) is 0. The first-order valence-electron chi connectivity index (χ1n) is 11.3. The van der Waals surface area contributed by atoms with Crippen molar-refractivity contribution < 1.29 is 9.53 Å². The topological polar surface area (TPSA) is 132 Å². The molecule has 0 radical (unpaired) electrons. The number of nitrogen functional groups attached to an aromatic ring is 1. The number of aromatic nitrogens is 5. The second-order valence-electron chi connectivity index (χ2n) is 8.49. The van der Waals surface area contributed by atoms with E-state index in [4.69, 9.17) is 15.6 Å². The normalized spacial score (nSPS) is 15.8. The Hall–Kier alpha value is -4.47. The number of pyridine rings is 1. The van der Waals surface area contributed by atoms with Crippen LogP contribution in [0, 0.1) is 6.92 Å². The van der Waals surface area contributed by atoms with Crippen LogP contribution < -0.4 is 16.0 Å². The van der Waals surface area contributed by atoms with Gasteiger partial charge in [-0.3, -0.25) is 14.3 Å². The zero-order chi connectivity index (χ0) is 24.5. The standard InChI is InChI=1S/C25H25N7O3/c1-3-19(33)31-13-5-7-17(14-31)32-22-20(23(26)28-29-24(22)34)21(30-32)16-8-10-18(11-9-16)35-25-15(2)6-4-12-27-25/h3-4,6,8-12,17H,1,5,7,13-14H2,2H3,(H2,26,28)(H,29,34). The Morgan fingerprint density at radius 2 is 2.09 bits per heavy atom. The second kappa shape index (κ2) is 9.05. The van der Waals surface area contributed by atoms with E-state index < -0.39 is 0 Å². The molecular formula is C25H25N7O3. The summed E-state index contributed by atoms with van der Waals surface area (Å²) in [6, 6.07) is 10.9. The summed E-state index contributed by atoms with van der Waals surface area (Å²) in [5.74, 6) is 1.19. The number of hydrogen-bond donors (Lipinski definition) is 2. The van der Waals surface area contributed by atoms with Gasteiger partial charge in [-0.1, -0.05) is 12.6 Å². The summed E-state index contributed by atoms with van der Waals surface area (Å²) >= 11 is 0. The summed E-state index contributed by atoms with van der Waals surface area (Å²) in [5.41, 5.74) is 8.39. The van der Waals surface area contributed by atoms with E-state index in [1.54, 1.807) is 15.8 Å². The molecule has 10 nitrogen and oxygen atoms in total. The molecule has 4 aromatic rings. The van der Waals surface area contributed by atoms with Crippen LogP contribution >= 0.6 is 0 Å². The molecule has 0 bridgehead atoms. The zero-order valence-electron chi connectivity index (χ0n) is 19.3. The van der Waals surface area contributed by atoms with Crippen molar-refractivity contribution in [1.82, 2.24) is 29.9 Å². The first-order chi connectivity index (χ1) is 17.0. The van der Waals surface area contributed by atoms with E-state index in [9.17, 15) is 9.59 Å². The fourth-order valence-electron chi connectivity index (χ4n) is 4.43. The van der Waals surface area contributed by atoms with Crippen LogP contribution in [0.5, 0.6) is 11.6 Å². The minimum absolute atomic E-state index is 0.139. The van der Waals surface area contributed by atoms with Crippen LogP contribution in [0.4, 0.5) is 5.82 Å². The monoisotopic (exact) mass is 471 g/mol. The molecule has 1 atom stereocenters. The fraction of sp³-hybridized carbons (Fsp3) is 0.240. The van der Waals surface area contributed by atoms with E-state index in [0.29, 0.717) is 41.3 Å². The molecular weight excluding hydrogens is 446 g/mol. The van der Waals surface area contributed by atoms with Gasteiger partial charge in [0, 0.05) is 30.4 Å². The Kier molecular flexibility index (Phi) is 5.77.